The number of nitrogens with one attached hydrogen (secondary N) is 2. The Bertz CT molecular complexity index is 1410. The summed E-state index contributed by atoms with van der Waals surface area (Å²) in [6.07, 6.45) is 4.41. The van der Waals surface area contributed by atoms with Crippen LogP contribution < -0.4 is 16.4 Å². The standard InChI is InChI=1S/C29H34N8O2S.ClH/c1-18(37-15-4-3-5-16-37)32-25(39)14-13-21-7-6-8-24(34-21)27(40)29-35-26(23(17-30)28(31)36-29)20-9-11-22(12-10-20)33-19(2)38;/h6-12,18,27,40H,3-5,13-16H2,1-2H3,(H,32,39)(H,33,38)(H2,31,35,36);1H. The smallest absolute Gasteiger partial charge is 0.221 e. The van der Waals surface area contributed by atoms with E-state index in [2.05, 4.69) is 31.6 Å². The van der Waals surface area contributed by atoms with E-state index in [0.29, 0.717) is 41.3 Å². The van der Waals surface area contributed by atoms with Gasteiger partial charge in [-0.2, -0.15) is 17.9 Å². The number of thiol groups is 1. The Labute approximate surface area is 252 Å². The van der Waals surface area contributed by atoms with E-state index in [1.165, 1.54) is 26.2 Å². The molecule has 1 aliphatic rings. The van der Waals surface area contributed by atoms with E-state index >= 15 is 0 Å². The van der Waals surface area contributed by atoms with Crippen molar-refractivity contribution in [3.05, 3.63) is 65.2 Å². The van der Waals surface area contributed by atoms with E-state index in [1.54, 1.807) is 24.3 Å². The van der Waals surface area contributed by atoms with Crippen molar-refractivity contribution in [3.8, 4) is 17.3 Å². The van der Waals surface area contributed by atoms with Crippen LogP contribution in [-0.2, 0) is 16.0 Å². The van der Waals surface area contributed by atoms with Crippen molar-refractivity contribution in [1.29, 1.82) is 5.26 Å². The van der Waals surface area contributed by atoms with Gasteiger partial charge in [-0.3, -0.25) is 19.5 Å². The van der Waals surface area contributed by atoms with Crippen molar-refractivity contribution < 1.29 is 9.59 Å². The third-order valence-electron chi connectivity index (χ3n) is 6.81. The maximum atomic E-state index is 12.6. The molecule has 216 valence electrons. The van der Waals surface area contributed by atoms with Gasteiger partial charge in [-0.25, -0.2) is 9.97 Å². The largest absolute Gasteiger partial charge is 0.382 e. The molecule has 4 N–H and O–H groups in total. The summed E-state index contributed by atoms with van der Waals surface area (Å²) in [6.45, 7) is 5.49. The fraction of sp³-hybridized carbons (Fsp3) is 0.379. The molecule has 0 radical (unpaired) electrons. The summed E-state index contributed by atoms with van der Waals surface area (Å²) in [4.78, 5) is 39.9. The van der Waals surface area contributed by atoms with E-state index in [9.17, 15) is 14.9 Å². The Morgan fingerprint density at radius 1 is 1.10 bits per heavy atom. The van der Waals surface area contributed by atoms with Crippen molar-refractivity contribution in [3.63, 3.8) is 0 Å². The molecule has 3 aromatic rings. The van der Waals surface area contributed by atoms with Gasteiger partial charge in [-0.05, 0) is 50.5 Å². The summed E-state index contributed by atoms with van der Waals surface area (Å²) in [5, 5.41) is 14.9. The molecule has 2 atom stereocenters. The molecule has 1 aliphatic heterocycles. The summed E-state index contributed by atoms with van der Waals surface area (Å²) in [6, 6.07) is 14.6. The van der Waals surface area contributed by atoms with E-state index < -0.39 is 5.25 Å². The Hall–Kier alpha value is -3.72. The van der Waals surface area contributed by atoms with Crippen molar-refractivity contribution in [2.75, 3.05) is 24.1 Å². The van der Waals surface area contributed by atoms with Gasteiger partial charge in [0.05, 0.1) is 17.6 Å². The Balaban J connectivity index is 0.00000462. The van der Waals surface area contributed by atoms with Gasteiger partial charge in [0.25, 0.3) is 0 Å². The van der Waals surface area contributed by atoms with Gasteiger partial charge in [0.1, 0.15) is 28.5 Å². The molecule has 2 amide bonds. The van der Waals surface area contributed by atoms with Crippen LogP contribution in [0.25, 0.3) is 11.3 Å². The minimum atomic E-state index is -0.611. The molecule has 2 unspecified atom stereocenters. The van der Waals surface area contributed by atoms with Crippen LogP contribution in [0.2, 0.25) is 0 Å². The zero-order chi connectivity index (χ0) is 28.6. The number of hydrogen-bond acceptors (Lipinski definition) is 9. The molecule has 2 aromatic heterocycles. The lowest BCUT2D eigenvalue weighted by molar-refractivity contribution is -0.123. The van der Waals surface area contributed by atoms with Crippen LogP contribution in [0.1, 0.15) is 67.6 Å². The molecule has 0 bridgehead atoms. The van der Waals surface area contributed by atoms with Crippen LogP contribution in [0.4, 0.5) is 11.5 Å². The van der Waals surface area contributed by atoms with Crippen molar-refractivity contribution in [1.82, 2.24) is 25.2 Å². The van der Waals surface area contributed by atoms with E-state index in [4.69, 9.17) is 23.3 Å². The Morgan fingerprint density at radius 3 is 2.46 bits per heavy atom. The van der Waals surface area contributed by atoms with Gasteiger partial charge >= 0.3 is 0 Å². The number of rotatable bonds is 9. The molecule has 12 heteroatoms. The zero-order valence-corrected chi connectivity index (χ0v) is 24.8. The Kier molecular flexibility index (Phi) is 11.5. The molecule has 4 rings (SSSR count). The normalized spacial score (nSPS) is 14.7. The maximum Gasteiger partial charge on any atom is 0.221 e. The quantitative estimate of drug-likeness (QED) is 0.268. The number of nitriles is 1. The molecule has 10 nitrogen and oxygen atoms in total. The van der Waals surface area contributed by atoms with Crippen molar-refractivity contribution >= 4 is 48.4 Å². The molecule has 0 aliphatic carbocycles. The topological polar surface area (TPSA) is 150 Å². The number of benzene rings is 1. The fourth-order valence-corrected chi connectivity index (χ4v) is 4.98. The van der Waals surface area contributed by atoms with Crippen LogP contribution >= 0.6 is 25.0 Å². The molecule has 0 saturated carbocycles. The van der Waals surface area contributed by atoms with Crippen molar-refractivity contribution in [2.24, 2.45) is 0 Å². The first-order chi connectivity index (χ1) is 19.2. The average molecular weight is 595 g/mol. The van der Waals surface area contributed by atoms with Gasteiger partial charge in [-0.1, -0.05) is 24.6 Å². The lowest BCUT2D eigenvalue weighted by atomic mass is 10.1. The minimum Gasteiger partial charge on any atom is -0.382 e. The molecule has 1 fully saturated rings. The third-order valence-corrected chi connectivity index (χ3v) is 7.31. The number of halogens is 1. The molecule has 0 spiro atoms. The van der Waals surface area contributed by atoms with Gasteiger partial charge in [0.2, 0.25) is 11.8 Å². The lowest BCUT2D eigenvalue weighted by Gasteiger charge is -2.32. The number of aryl methyl sites for hydroxylation is 1. The lowest BCUT2D eigenvalue weighted by Crippen LogP contribution is -2.48. The average Bonchev–Trinajstić information content (AvgIpc) is 2.96. The first-order valence-electron chi connectivity index (χ1n) is 13.4. The van der Waals surface area contributed by atoms with Crippen LogP contribution in [0.5, 0.6) is 0 Å². The number of nitrogen functional groups attached to an aromatic ring is 1. The minimum absolute atomic E-state index is 0. The highest BCUT2D eigenvalue weighted by Crippen LogP contribution is 2.31. The highest BCUT2D eigenvalue weighted by Gasteiger charge is 2.21. The number of anilines is 2. The second-order valence-corrected chi connectivity index (χ2v) is 10.4. The number of piperidine rings is 1. The summed E-state index contributed by atoms with van der Waals surface area (Å²) in [7, 11) is 0. The number of nitrogens with zero attached hydrogens (tertiary/aromatic N) is 5. The van der Waals surface area contributed by atoms with Crippen LogP contribution in [0.15, 0.2) is 42.5 Å². The van der Waals surface area contributed by atoms with E-state index in [1.807, 2.05) is 25.1 Å². The van der Waals surface area contributed by atoms with Gasteiger partial charge in [0.15, 0.2) is 0 Å². The predicted octanol–water partition coefficient (Wildman–Crippen LogP) is 4.27. The second-order valence-electron chi connectivity index (χ2n) is 9.86. The number of carbonyl (C=O) groups excluding carboxylic acids is 2. The highest BCUT2D eigenvalue weighted by molar-refractivity contribution is 7.80. The maximum absolute atomic E-state index is 12.6. The summed E-state index contributed by atoms with van der Waals surface area (Å²) in [5.74, 6) is 0.158. The van der Waals surface area contributed by atoms with Crippen LogP contribution in [0, 0.1) is 11.3 Å². The van der Waals surface area contributed by atoms with E-state index in [0.717, 1.165) is 18.8 Å². The summed E-state index contributed by atoms with van der Waals surface area (Å²) >= 11 is 4.74. The third kappa shape index (κ3) is 8.39. The van der Waals surface area contributed by atoms with Crippen LogP contribution in [-0.4, -0.2) is 50.9 Å². The monoisotopic (exact) mass is 594 g/mol. The SMILES string of the molecule is CC(=O)Nc1ccc(-c2nc(C(S)c3cccc(CCC(=O)NC(C)N4CCCCC4)n3)nc(N)c2C#N)cc1.Cl. The molecular formula is C29H35ClN8O2S. The van der Waals surface area contributed by atoms with Gasteiger partial charge < -0.3 is 16.4 Å². The first kappa shape index (κ1) is 31.8. The number of nitrogens with two attached hydrogens (primary N) is 1. The molecule has 41 heavy (non-hydrogen) atoms. The summed E-state index contributed by atoms with van der Waals surface area (Å²) in [5.41, 5.74) is 9.32. The van der Waals surface area contributed by atoms with Crippen molar-refractivity contribution in [2.45, 2.75) is 57.4 Å². The number of hydrogen-bond donors (Lipinski definition) is 4. The second kappa shape index (κ2) is 14.8. The number of pyridine rings is 1. The molecular weight excluding hydrogens is 560 g/mol. The number of carbonyl (C=O) groups is 2. The Morgan fingerprint density at radius 2 is 1.80 bits per heavy atom. The fourth-order valence-electron chi connectivity index (χ4n) is 4.72. The number of aromatic nitrogens is 3. The van der Waals surface area contributed by atoms with Crippen LogP contribution in [0.3, 0.4) is 0 Å². The van der Waals surface area contributed by atoms with E-state index in [-0.39, 0.29) is 41.8 Å². The molecule has 3 heterocycles. The highest BCUT2D eigenvalue weighted by atomic mass is 35.5. The molecule has 1 aromatic carbocycles. The predicted molar refractivity (Wildman–Crippen MR) is 165 cm³/mol. The first-order valence-corrected chi connectivity index (χ1v) is 13.9. The number of likely N-dealkylation sites (tertiary alicyclic amines) is 1. The summed E-state index contributed by atoms with van der Waals surface area (Å²) < 4.78 is 0. The zero-order valence-electron chi connectivity index (χ0n) is 23.1. The van der Waals surface area contributed by atoms with Gasteiger partial charge in [-0.15, -0.1) is 12.4 Å². The van der Waals surface area contributed by atoms with Gasteiger partial charge in [0, 0.05) is 43.4 Å². The number of amides is 2. The molecule has 1 saturated heterocycles.